The highest BCUT2D eigenvalue weighted by molar-refractivity contribution is 6.10. The SMILES string of the molecule is COc1ccc(N2C(=O)[C@@H](C)N(C3CCC(F)(F)CC3)c3nc(Nc4cnc5[nH]ncc5c4)ncc32)cc1C#N. The van der Waals surface area contributed by atoms with Gasteiger partial charge in [0.1, 0.15) is 23.5 Å². The van der Waals surface area contributed by atoms with Crippen molar-refractivity contribution in [1.29, 1.82) is 5.26 Å². The molecule has 1 fully saturated rings. The number of ether oxygens (including phenoxy) is 1. The minimum atomic E-state index is -2.72. The van der Waals surface area contributed by atoms with Crippen molar-refractivity contribution in [2.75, 3.05) is 22.2 Å². The fraction of sp³-hybridized carbons (Fsp3) is 0.333. The van der Waals surface area contributed by atoms with E-state index in [0.29, 0.717) is 34.3 Å². The first-order chi connectivity index (χ1) is 19.3. The van der Waals surface area contributed by atoms with Crippen LogP contribution < -0.4 is 19.9 Å². The minimum Gasteiger partial charge on any atom is -0.495 e. The van der Waals surface area contributed by atoms with Crippen molar-refractivity contribution in [3.63, 3.8) is 0 Å². The third-order valence-electron chi connectivity index (χ3n) is 7.42. The molecule has 1 aromatic carbocycles. The number of rotatable bonds is 5. The number of alkyl halides is 2. The summed E-state index contributed by atoms with van der Waals surface area (Å²) in [5, 5.41) is 20.4. The number of methoxy groups -OCH3 is 1. The number of fused-ring (bicyclic) bond motifs is 2. The van der Waals surface area contributed by atoms with Crippen LogP contribution in [-0.4, -0.2) is 56.2 Å². The first-order valence-electron chi connectivity index (χ1n) is 12.8. The van der Waals surface area contributed by atoms with Crippen molar-refractivity contribution < 1.29 is 18.3 Å². The van der Waals surface area contributed by atoms with E-state index in [9.17, 15) is 18.8 Å². The second-order valence-corrected chi connectivity index (χ2v) is 9.90. The Morgan fingerprint density at radius 3 is 2.73 bits per heavy atom. The van der Waals surface area contributed by atoms with Gasteiger partial charge in [-0.1, -0.05) is 0 Å². The quantitative estimate of drug-likeness (QED) is 0.362. The van der Waals surface area contributed by atoms with Gasteiger partial charge < -0.3 is 15.0 Å². The number of aromatic amines is 1. The highest BCUT2D eigenvalue weighted by Crippen LogP contribution is 2.45. The molecule has 0 saturated heterocycles. The second kappa shape index (κ2) is 9.71. The zero-order valence-corrected chi connectivity index (χ0v) is 21.7. The lowest BCUT2D eigenvalue weighted by Crippen LogP contribution is -2.56. The summed E-state index contributed by atoms with van der Waals surface area (Å²) in [6, 6.07) is 7.80. The molecule has 3 aromatic heterocycles. The van der Waals surface area contributed by atoms with Crippen molar-refractivity contribution in [3.8, 4) is 11.8 Å². The molecule has 1 amide bonds. The molecule has 1 aliphatic carbocycles. The Kier molecular flexibility index (Phi) is 6.17. The van der Waals surface area contributed by atoms with Crippen molar-refractivity contribution in [3.05, 3.63) is 48.4 Å². The third-order valence-corrected chi connectivity index (χ3v) is 7.42. The van der Waals surface area contributed by atoms with Gasteiger partial charge in [-0.3, -0.25) is 14.8 Å². The summed E-state index contributed by atoms with van der Waals surface area (Å²) in [6.45, 7) is 1.74. The topological polar surface area (TPSA) is 136 Å². The molecule has 4 aromatic rings. The van der Waals surface area contributed by atoms with Crippen LogP contribution in [0.5, 0.6) is 5.75 Å². The first kappa shape index (κ1) is 25.4. The van der Waals surface area contributed by atoms with Gasteiger partial charge in [0.15, 0.2) is 11.5 Å². The summed E-state index contributed by atoms with van der Waals surface area (Å²) in [5.41, 5.74) is 2.37. The van der Waals surface area contributed by atoms with Gasteiger partial charge in [-0.2, -0.15) is 15.3 Å². The number of nitriles is 1. The number of nitrogens with one attached hydrogen (secondary N) is 2. The molecule has 2 aliphatic rings. The Morgan fingerprint density at radius 1 is 1.18 bits per heavy atom. The van der Waals surface area contributed by atoms with E-state index < -0.39 is 12.0 Å². The zero-order valence-electron chi connectivity index (χ0n) is 21.7. The molecule has 4 heterocycles. The Labute approximate surface area is 227 Å². The molecule has 2 N–H and O–H groups in total. The van der Waals surface area contributed by atoms with Gasteiger partial charge in [-0.05, 0) is 44.0 Å². The summed E-state index contributed by atoms with van der Waals surface area (Å²) in [6.07, 6.45) is 4.72. The number of carbonyl (C=O) groups is 1. The van der Waals surface area contributed by atoms with Crippen molar-refractivity contribution in [1.82, 2.24) is 25.1 Å². The summed E-state index contributed by atoms with van der Waals surface area (Å²) < 4.78 is 33.4. The van der Waals surface area contributed by atoms with E-state index in [4.69, 9.17) is 9.72 Å². The van der Waals surface area contributed by atoms with Crippen molar-refractivity contribution in [2.24, 2.45) is 0 Å². The van der Waals surface area contributed by atoms with Gasteiger partial charge >= 0.3 is 0 Å². The lowest BCUT2D eigenvalue weighted by Gasteiger charge is -2.46. The maximum atomic E-state index is 14.0. The molecule has 0 bridgehead atoms. The van der Waals surface area contributed by atoms with Crippen LogP contribution in [0.3, 0.4) is 0 Å². The number of benzene rings is 1. The highest BCUT2D eigenvalue weighted by Gasteiger charge is 2.45. The smallest absolute Gasteiger partial charge is 0.254 e. The molecule has 204 valence electrons. The number of aromatic nitrogens is 5. The van der Waals surface area contributed by atoms with Crippen LogP contribution in [0.4, 0.5) is 37.6 Å². The Hall–Kier alpha value is -4.86. The van der Waals surface area contributed by atoms with Crippen molar-refractivity contribution in [2.45, 2.75) is 50.6 Å². The number of H-pyrrole nitrogens is 1. The number of halogens is 2. The van der Waals surface area contributed by atoms with E-state index in [0.717, 1.165) is 5.39 Å². The number of amides is 1. The predicted molar refractivity (Wildman–Crippen MR) is 143 cm³/mol. The van der Waals surface area contributed by atoms with E-state index in [2.05, 4.69) is 31.6 Å². The van der Waals surface area contributed by atoms with Crippen LogP contribution in [0, 0.1) is 11.3 Å². The van der Waals surface area contributed by atoms with Gasteiger partial charge in [-0.15, -0.1) is 0 Å². The molecule has 6 rings (SSSR count). The maximum Gasteiger partial charge on any atom is 0.254 e. The van der Waals surface area contributed by atoms with Crippen LogP contribution in [0.25, 0.3) is 11.0 Å². The standard InChI is InChI=1S/C27H25F2N9O2/c1-15-25(39)38(20-3-4-22(40-2)16(10-20)11-30)21-14-32-26(34-18-9-17-12-33-36-23(17)31-13-18)35-24(21)37(15)19-5-7-27(28,29)8-6-19/h3-4,9-10,12-15,19H,5-8H2,1-2H3,(H,31,33,36)(H,32,34,35)/t15-/m1/s1. The van der Waals surface area contributed by atoms with E-state index in [1.165, 1.54) is 18.2 Å². The predicted octanol–water partition coefficient (Wildman–Crippen LogP) is 4.82. The molecule has 0 spiro atoms. The summed E-state index contributed by atoms with van der Waals surface area (Å²) in [7, 11) is 1.47. The Morgan fingerprint density at radius 2 is 1.98 bits per heavy atom. The highest BCUT2D eigenvalue weighted by atomic mass is 19.3. The first-order valence-corrected chi connectivity index (χ1v) is 12.8. The number of nitrogens with zero attached hydrogens (tertiary/aromatic N) is 7. The molecule has 1 saturated carbocycles. The fourth-order valence-electron chi connectivity index (χ4n) is 5.40. The maximum absolute atomic E-state index is 14.0. The summed E-state index contributed by atoms with van der Waals surface area (Å²) >= 11 is 0. The molecular weight excluding hydrogens is 520 g/mol. The van der Waals surface area contributed by atoms with Gasteiger partial charge in [0.05, 0.1) is 42.6 Å². The van der Waals surface area contributed by atoms with Crippen LogP contribution in [0.15, 0.2) is 42.9 Å². The molecule has 13 heteroatoms. The van der Waals surface area contributed by atoms with Crippen LogP contribution >= 0.6 is 0 Å². The van der Waals surface area contributed by atoms with Gasteiger partial charge in [-0.25, -0.2) is 18.7 Å². The Balaban J connectivity index is 1.43. The van der Waals surface area contributed by atoms with E-state index >= 15 is 0 Å². The van der Waals surface area contributed by atoms with Crippen LogP contribution in [0.2, 0.25) is 0 Å². The third kappa shape index (κ3) is 4.41. The molecule has 1 atom stereocenters. The molecule has 0 radical (unpaired) electrons. The normalized spacial score (nSPS) is 18.9. The average molecular weight is 546 g/mol. The molecule has 11 nitrogen and oxygen atoms in total. The lowest BCUT2D eigenvalue weighted by molar-refractivity contribution is -0.119. The van der Waals surface area contributed by atoms with E-state index in [1.807, 2.05) is 11.0 Å². The number of carbonyl (C=O) groups excluding carboxylic acids is 1. The van der Waals surface area contributed by atoms with Crippen LogP contribution in [0.1, 0.15) is 38.2 Å². The van der Waals surface area contributed by atoms with E-state index in [1.54, 1.807) is 37.5 Å². The fourth-order valence-corrected chi connectivity index (χ4v) is 5.40. The minimum absolute atomic E-state index is 0.221. The number of anilines is 5. The lowest BCUT2D eigenvalue weighted by atomic mass is 9.89. The molecular formula is C27H25F2N9O2. The second-order valence-electron chi connectivity index (χ2n) is 9.90. The van der Waals surface area contributed by atoms with Crippen molar-refractivity contribution >= 4 is 45.8 Å². The molecule has 0 unspecified atom stereocenters. The van der Waals surface area contributed by atoms with Gasteiger partial charge in [0.2, 0.25) is 11.9 Å². The monoisotopic (exact) mass is 545 g/mol. The molecule has 1 aliphatic heterocycles. The zero-order chi connectivity index (χ0) is 28.0. The van der Waals surface area contributed by atoms with Gasteiger partial charge in [0, 0.05) is 24.3 Å². The Bertz CT molecular complexity index is 1640. The number of hydrogen-bond donors (Lipinski definition) is 2. The van der Waals surface area contributed by atoms with E-state index in [-0.39, 0.29) is 49.1 Å². The summed E-state index contributed by atoms with van der Waals surface area (Å²) in [5.74, 6) is -1.93. The average Bonchev–Trinajstić information content (AvgIpc) is 3.42. The van der Waals surface area contributed by atoms with Gasteiger partial charge in [0.25, 0.3) is 5.91 Å². The number of pyridine rings is 1. The summed E-state index contributed by atoms with van der Waals surface area (Å²) in [4.78, 5) is 30.7. The molecule has 40 heavy (non-hydrogen) atoms. The van der Waals surface area contributed by atoms with Crippen LogP contribution in [-0.2, 0) is 4.79 Å². The largest absolute Gasteiger partial charge is 0.495 e. The number of hydrogen-bond acceptors (Lipinski definition) is 9.